The van der Waals surface area contributed by atoms with Gasteiger partial charge in [-0.25, -0.2) is 0 Å². The summed E-state index contributed by atoms with van der Waals surface area (Å²) in [6, 6.07) is 6.26. The third-order valence-corrected chi connectivity index (χ3v) is 3.84. The molecule has 3 rings (SSSR count). The highest BCUT2D eigenvalue weighted by atomic mass is 16.5. The molecule has 0 spiro atoms. The first-order valence-corrected chi connectivity index (χ1v) is 7.09. The normalized spacial score (nSPS) is 18.7. The molecule has 2 aromatic rings. The van der Waals surface area contributed by atoms with Crippen LogP contribution in [0, 0.1) is 0 Å². The van der Waals surface area contributed by atoms with E-state index in [0.717, 1.165) is 29.3 Å². The summed E-state index contributed by atoms with van der Waals surface area (Å²) >= 11 is 0. The van der Waals surface area contributed by atoms with Crippen LogP contribution >= 0.6 is 0 Å². The molecule has 2 heterocycles. The van der Waals surface area contributed by atoms with Crippen LogP contribution in [0.2, 0.25) is 0 Å². The van der Waals surface area contributed by atoms with E-state index in [2.05, 4.69) is 22.4 Å². The Balaban J connectivity index is 1.83. The maximum atomic E-state index is 5.72. The van der Waals surface area contributed by atoms with Gasteiger partial charge in [-0.15, -0.1) is 10.2 Å². The fourth-order valence-corrected chi connectivity index (χ4v) is 2.73. The van der Waals surface area contributed by atoms with E-state index in [-0.39, 0.29) is 12.1 Å². The molecule has 1 N–H and O–H groups in total. The van der Waals surface area contributed by atoms with Crippen LogP contribution in [0.4, 0.5) is 0 Å². The first kappa shape index (κ1) is 13.9. The van der Waals surface area contributed by atoms with Crippen LogP contribution in [0.1, 0.15) is 36.8 Å². The van der Waals surface area contributed by atoms with Crippen molar-refractivity contribution in [2.45, 2.75) is 25.4 Å². The molecule has 0 radical (unpaired) electrons. The third-order valence-electron chi connectivity index (χ3n) is 3.84. The van der Waals surface area contributed by atoms with Crippen molar-refractivity contribution in [2.75, 3.05) is 13.7 Å². The first-order valence-electron chi connectivity index (χ1n) is 7.09. The second-order valence-electron chi connectivity index (χ2n) is 5.28. The molecule has 6 heteroatoms. The molecule has 21 heavy (non-hydrogen) atoms. The van der Waals surface area contributed by atoms with Gasteiger partial charge in [0.25, 0.3) is 0 Å². The van der Waals surface area contributed by atoms with Gasteiger partial charge in [0.05, 0.1) is 19.8 Å². The molecule has 1 aromatic carbocycles. The van der Waals surface area contributed by atoms with Crippen LogP contribution in [0.25, 0.3) is 0 Å². The van der Waals surface area contributed by atoms with Crippen molar-refractivity contribution >= 4 is 0 Å². The van der Waals surface area contributed by atoms with Gasteiger partial charge in [0, 0.05) is 25.1 Å². The van der Waals surface area contributed by atoms with Gasteiger partial charge in [-0.1, -0.05) is 0 Å². The Hall–Kier alpha value is -2.08. The van der Waals surface area contributed by atoms with Gasteiger partial charge in [-0.3, -0.25) is 0 Å². The summed E-state index contributed by atoms with van der Waals surface area (Å²) < 4.78 is 13.0. The Bertz CT molecular complexity index is 626. The number of ether oxygens (including phenoxy) is 2. The summed E-state index contributed by atoms with van der Waals surface area (Å²) in [6.45, 7) is 2.81. The minimum atomic E-state index is 0.111. The number of nitrogens with one attached hydrogen (secondary N) is 1. The molecule has 0 bridgehead atoms. The summed E-state index contributed by atoms with van der Waals surface area (Å²) in [5.74, 6) is 2.69. The first-order chi connectivity index (χ1) is 10.2. The van der Waals surface area contributed by atoms with E-state index < -0.39 is 0 Å². The van der Waals surface area contributed by atoms with Gasteiger partial charge < -0.3 is 19.4 Å². The number of aromatic nitrogens is 3. The molecule has 2 atom stereocenters. The lowest BCUT2D eigenvalue weighted by Gasteiger charge is -2.29. The van der Waals surface area contributed by atoms with E-state index in [1.807, 2.05) is 29.8 Å². The van der Waals surface area contributed by atoms with E-state index in [1.165, 1.54) is 0 Å². The van der Waals surface area contributed by atoms with E-state index in [9.17, 15) is 0 Å². The lowest BCUT2D eigenvalue weighted by molar-refractivity contribution is 0.243. The zero-order chi connectivity index (χ0) is 14.8. The van der Waals surface area contributed by atoms with Gasteiger partial charge >= 0.3 is 0 Å². The molecule has 1 aromatic heterocycles. The maximum absolute atomic E-state index is 5.72. The van der Waals surface area contributed by atoms with Crippen molar-refractivity contribution in [1.82, 2.24) is 20.1 Å². The number of rotatable bonds is 4. The molecule has 0 amide bonds. The minimum absolute atomic E-state index is 0.111. The van der Waals surface area contributed by atoms with Crippen molar-refractivity contribution in [3.8, 4) is 11.5 Å². The van der Waals surface area contributed by atoms with E-state index in [1.54, 1.807) is 13.4 Å². The second-order valence-corrected chi connectivity index (χ2v) is 5.28. The Morgan fingerprint density at radius 2 is 2.33 bits per heavy atom. The van der Waals surface area contributed by atoms with Crippen molar-refractivity contribution in [3.05, 3.63) is 35.9 Å². The number of nitrogens with zero attached hydrogens (tertiary/aromatic N) is 3. The molecule has 6 nitrogen and oxygen atoms in total. The molecule has 0 fully saturated rings. The number of benzene rings is 1. The maximum Gasteiger partial charge on any atom is 0.149 e. The fourth-order valence-electron chi connectivity index (χ4n) is 2.73. The summed E-state index contributed by atoms with van der Waals surface area (Å²) in [5, 5.41) is 11.7. The minimum Gasteiger partial charge on any atom is -0.497 e. The van der Waals surface area contributed by atoms with Gasteiger partial charge in [0.15, 0.2) is 0 Å². The molecule has 0 aliphatic carbocycles. The molecular formula is C15H20N4O2. The quantitative estimate of drug-likeness (QED) is 0.932. The van der Waals surface area contributed by atoms with Gasteiger partial charge in [-0.05, 0) is 25.1 Å². The average Bonchev–Trinajstić information content (AvgIpc) is 2.93. The molecule has 112 valence electrons. The van der Waals surface area contributed by atoms with Crippen LogP contribution in [0.5, 0.6) is 11.5 Å². The molecule has 0 saturated heterocycles. The molecule has 1 aliphatic rings. The standard InChI is InChI=1S/C15H20N4O2/c1-10(15-18-16-9-19(15)2)17-13-6-7-21-14-5-4-11(20-3)8-12(13)14/h4-5,8-10,13,17H,6-7H2,1-3H3. The Morgan fingerprint density at radius 1 is 1.48 bits per heavy atom. The van der Waals surface area contributed by atoms with Crippen LogP contribution in [-0.2, 0) is 7.05 Å². The fraction of sp³-hybridized carbons (Fsp3) is 0.467. The number of hydrogen-bond acceptors (Lipinski definition) is 5. The third kappa shape index (κ3) is 2.71. The number of hydrogen-bond donors (Lipinski definition) is 1. The highest BCUT2D eigenvalue weighted by Crippen LogP contribution is 2.35. The van der Waals surface area contributed by atoms with E-state index in [0.29, 0.717) is 6.61 Å². The highest BCUT2D eigenvalue weighted by Gasteiger charge is 2.25. The van der Waals surface area contributed by atoms with Crippen LogP contribution in [0.3, 0.4) is 0 Å². The predicted octanol–water partition coefficient (Wildman–Crippen LogP) is 2.00. The largest absolute Gasteiger partial charge is 0.497 e. The summed E-state index contributed by atoms with van der Waals surface area (Å²) in [5.41, 5.74) is 1.13. The SMILES string of the molecule is COc1ccc2c(c1)C(NC(C)c1nncn1C)CCO2. The Kier molecular flexibility index (Phi) is 3.79. The zero-order valence-corrected chi connectivity index (χ0v) is 12.5. The van der Waals surface area contributed by atoms with Gasteiger partial charge in [0.2, 0.25) is 0 Å². The summed E-state index contributed by atoms with van der Waals surface area (Å²) in [7, 11) is 3.63. The smallest absolute Gasteiger partial charge is 0.149 e. The van der Waals surface area contributed by atoms with Crippen molar-refractivity contribution in [1.29, 1.82) is 0 Å². The lowest BCUT2D eigenvalue weighted by Crippen LogP contribution is -2.30. The van der Waals surface area contributed by atoms with Crippen molar-refractivity contribution in [3.63, 3.8) is 0 Å². The highest BCUT2D eigenvalue weighted by molar-refractivity contribution is 5.43. The van der Waals surface area contributed by atoms with Crippen LogP contribution < -0.4 is 14.8 Å². The molecule has 0 saturated carbocycles. The Labute approximate surface area is 124 Å². The molecule has 1 aliphatic heterocycles. The second kappa shape index (κ2) is 5.73. The summed E-state index contributed by atoms with van der Waals surface area (Å²) in [6.07, 6.45) is 2.64. The van der Waals surface area contributed by atoms with E-state index in [4.69, 9.17) is 9.47 Å². The van der Waals surface area contributed by atoms with Gasteiger partial charge in [-0.2, -0.15) is 0 Å². The number of aryl methyl sites for hydroxylation is 1. The molecular weight excluding hydrogens is 268 g/mol. The monoisotopic (exact) mass is 288 g/mol. The topological polar surface area (TPSA) is 61.2 Å². The van der Waals surface area contributed by atoms with Gasteiger partial charge in [0.1, 0.15) is 23.7 Å². The Morgan fingerprint density at radius 3 is 3.05 bits per heavy atom. The van der Waals surface area contributed by atoms with Crippen molar-refractivity contribution < 1.29 is 9.47 Å². The van der Waals surface area contributed by atoms with E-state index >= 15 is 0 Å². The van der Waals surface area contributed by atoms with Crippen LogP contribution in [-0.4, -0.2) is 28.5 Å². The number of methoxy groups -OCH3 is 1. The predicted molar refractivity (Wildman–Crippen MR) is 78.4 cm³/mol. The summed E-state index contributed by atoms with van der Waals surface area (Å²) in [4.78, 5) is 0. The molecule has 2 unspecified atom stereocenters. The number of fused-ring (bicyclic) bond motifs is 1. The average molecular weight is 288 g/mol. The van der Waals surface area contributed by atoms with Crippen molar-refractivity contribution in [2.24, 2.45) is 7.05 Å². The zero-order valence-electron chi connectivity index (χ0n) is 12.5. The lowest BCUT2D eigenvalue weighted by atomic mass is 9.99. The van der Waals surface area contributed by atoms with Crippen LogP contribution in [0.15, 0.2) is 24.5 Å².